The molecule has 1 saturated heterocycles. The van der Waals surface area contributed by atoms with Crippen LogP contribution in [0.25, 0.3) is 11.4 Å². The van der Waals surface area contributed by atoms with E-state index in [4.69, 9.17) is 14.2 Å². The standard InChI is InChI=1S/C20H23N5O6/c1-2-29-20(28)25-9-7-24(8-10-25)17(26)6-4-14-19(27)21-18(23-22-14)13-3-5-15-16(11-13)31-12-30-15/h3,5,11H,2,4,6-10,12H2,1H3,(H,21,23,27). The van der Waals surface area contributed by atoms with Gasteiger partial charge in [-0.15, -0.1) is 10.2 Å². The van der Waals surface area contributed by atoms with Crippen LogP contribution in [0, 0.1) is 0 Å². The van der Waals surface area contributed by atoms with Gasteiger partial charge in [-0.3, -0.25) is 9.59 Å². The van der Waals surface area contributed by atoms with E-state index in [1.165, 1.54) is 0 Å². The number of carbonyl (C=O) groups excluding carboxylic acids is 2. The number of amides is 2. The highest BCUT2D eigenvalue weighted by atomic mass is 16.7. The highest BCUT2D eigenvalue weighted by molar-refractivity contribution is 5.77. The van der Waals surface area contributed by atoms with Crippen molar-refractivity contribution < 1.29 is 23.8 Å². The van der Waals surface area contributed by atoms with Crippen molar-refractivity contribution >= 4 is 12.0 Å². The molecule has 0 radical (unpaired) electrons. The summed E-state index contributed by atoms with van der Waals surface area (Å²) < 4.78 is 15.6. The summed E-state index contributed by atoms with van der Waals surface area (Å²) in [5.74, 6) is 1.44. The first-order valence-electron chi connectivity index (χ1n) is 10.1. The summed E-state index contributed by atoms with van der Waals surface area (Å²) in [5.41, 5.74) is 0.460. The van der Waals surface area contributed by atoms with Crippen LogP contribution in [0.15, 0.2) is 23.0 Å². The number of piperazine rings is 1. The average Bonchev–Trinajstić information content (AvgIpc) is 3.26. The molecule has 0 atom stereocenters. The maximum Gasteiger partial charge on any atom is 0.409 e. The lowest BCUT2D eigenvalue weighted by molar-refractivity contribution is -0.132. The Kier molecular flexibility index (Phi) is 6.01. The summed E-state index contributed by atoms with van der Waals surface area (Å²) in [4.78, 5) is 42.6. The minimum absolute atomic E-state index is 0.0930. The van der Waals surface area contributed by atoms with E-state index >= 15 is 0 Å². The van der Waals surface area contributed by atoms with Gasteiger partial charge in [0, 0.05) is 44.6 Å². The minimum Gasteiger partial charge on any atom is -0.454 e. The van der Waals surface area contributed by atoms with E-state index in [1.807, 2.05) is 0 Å². The number of carbonyl (C=O) groups is 2. The molecule has 2 aliphatic heterocycles. The zero-order valence-electron chi connectivity index (χ0n) is 17.1. The fourth-order valence-corrected chi connectivity index (χ4v) is 3.43. The van der Waals surface area contributed by atoms with Gasteiger partial charge < -0.3 is 29.0 Å². The van der Waals surface area contributed by atoms with E-state index in [0.29, 0.717) is 55.7 Å². The molecule has 164 valence electrons. The van der Waals surface area contributed by atoms with Crippen molar-refractivity contribution in [1.29, 1.82) is 0 Å². The highest BCUT2D eigenvalue weighted by Crippen LogP contribution is 2.34. The Morgan fingerprint density at radius 3 is 2.58 bits per heavy atom. The third kappa shape index (κ3) is 4.60. The lowest BCUT2D eigenvalue weighted by Gasteiger charge is -2.34. The molecule has 1 N–H and O–H groups in total. The van der Waals surface area contributed by atoms with E-state index in [1.54, 1.807) is 34.9 Å². The number of hydrogen-bond donors (Lipinski definition) is 1. The molecule has 1 aromatic heterocycles. The topological polar surface area (TPSA) is 127 Å². The van der Waals surface area contributed by atoms with Crippen LogP contribution in [0.2, 0.25) is 0 Å². The van der Waals surface area contributed by atoms with Gasteiger partial charge in [0.2, 0.25) is 12.7 Å². The predicted octanol–water partition coefficient (Wildman–Crippen LogP) is 0.794. The number of ether oxygens (including phenoxy) is 3. The molecule has 0 saturated carbocycles. The number of aromatic nitrogens is 3. The molecule has 1 fully saturated rings. The second-order valence-electron chi connectivity index (χ2n) is 7.08. The molecule has 2 aliphatic rings. The van der Waals surface area contributed by atoms with Crippen LogP contribution < -0.4 is 15.0 Å². The van der Waals surface area contributed by atoms with Crippen molar-refractivity contribution in [1.82, 2.24) is 25.0 Å². The van der Waals surface area contributed by atoms with Crippen LogP contribution in [-0.2, 0) is 16.0 Å². The van der Waals surface area contributed by atoms with Crippen molar-refractivity contribution in [2.75, 3.05) is 39.6 Å². The first-order valence-corrected chi connectivity index (χ1v) is 10.1. The molecule has 2 aromatic rings. The number of rotatable bonds is 5. The summed E-state index contributed by atoms with van der Waals surface area (Å²) in [6.07, 6.45) is -0.0414. The predicted molar refractivity (Wildman–Crippen MR) is 108 cm³/mol. The van der Waals surface area contributed by atoms with Crippen LogP contribution >= 0.6 is 0 Å². The molecule has 1 aromatic carbocycles. The number of aromatic amines is 1. The Balaban J connectivity index is 1.32. The second kappa shape index (κ2) is 9.02. The van der Waals surface area contributed by atoms with E-state index in [-0.39, 0.29) is 42.9 Å². The number of nitrogens with zero attached hydrogens (tertiary/aromatic N) is 4. The zero-order chi connectivity index (χ0) is 21.8. The van der Waals surface area contributed by atoms with Crippen molar-refractivity contribution in [2.45, 2.75) is 19.8 Å². The number of H-pyrrole nitrogens is 1. The van der Waals surface area contributed by atoms with E-state index in [9.17, 15) is 14.4 Å². The molecular weight excluding hydrogens is 406 g/mol. The van der Waals surface area contributed by atoms with Crippen molar-refractivity contribution in [3.63, 3.8) is 0 Å². The Morgan fingerprint density at radius 1 is 1.10 bits per heavy atom. The summed E-state index contributed by atoms with van der Waals surface area (Å²) in [5, 5.41) is 8.10. The van der Waals surface area contributed by atoms with Gasteiger partial charge in [-0.1, -0.05) is 0 Å². The molecule has 0 unspecified atom stereocenters. The molecule has 0 spiro atoms. The number of nitrogens with one attached hydrogen (secondary N) is 1. The quantitative estimate of drug-likeness (QED) is 0.739. The third-order valence-corrected chi connectivity index (χ3v) is 5.14. The van der Waals surface area contributed by atoms with E-state index in [0.717, 1.165) is 0 Å². The van der Waals surface area contributed by atoms with Gasteiger partial charge in [-0.2, -0.15) is 0 Å². The molecule has 11 nitrogen and oxygen atoms in total. The Morgan fingerprint density at radius 2 is 1.84 bits per heavy atom. The summed E-state index contributed by atoms with van der Waals surface area (Å²) in [6.45, 7) is 3.95. The highest BCUT2D eigenvalue weighted by Gasteiger charge is 2.25. The van der Waals surface area contributed by atoms with E-state index < -0.39 is 0 Å². The summed E-state index contributed by atoms with van der Waals surface area (Å²) >= 11 is 0. The monoisotopic (exact) mass is 429 g/mol. The van der Waals surface area contributed by atoms with Crippen LogP contribution in [0.3, 0.4) is 0 Å². The number of aryl methyl sites for hydroxylation is 1. The lowest BCUT2D eigenvalue weighted by atomic mass is 10.2. The normalized spacial score (nSPS) is 15.1. The smallest absolute Gasteiger partial charge is 0.409 e. The summed E-state index contributed by atoms with van der Waals surface area (Å²) in [7, 11) is 0. The maximum absolute atomic E-state index is 12.5. The average molecular weight is 429 g/mol. The zero-order valence-corrected chi connectivity index (χ0v) is 17.1. The first-order chi connectivity index (χ1) is 15.0. The molecule has 31 heavy (non-hydrogen) atoms. The van der Waals surface area contributed by atoms with Crippen molar-refractivity contribution in [3.05, 3.63) is 34.2 Å². The van der Waals surface area contributed by atoms with Gasteiger partial charge in [0.05, 0.1) is 6.61 Å². The van der Waals surface area contributed by atoms with Gasteiger partial charge >= 0.3 is 6.09 Å². The number of hydrogen-bond acceptors (Lipinski definition) is 8. The Hall–Kier alpha value is -3.63. The van der Waals surface area contributed by atoms with Gasteiger partial charge in [0.15, 0.2) is 17.3 Å². The van der Waals surface area contributed by atoms with Gasteiger partial charge in [-0.05, 0) is 25.1 Å². The molecular formula is C20H23N5O6. The van der Waals surface area contributed by atoms with Gasteiger partial charge in [-0.25, -0.2) is 4.79 Å². The summed E-state index contributed by atoms with van der Waals surface area (Å²) in [6, 6.07) is 5.22. The van der Waals surface area contributed by atoms with Crippen LogP contribution in [0.1, 0.15) is 19.0 Å². The minimum atomic E-state index is -0.386. The van der Waals surface area contributed by atoms with Crippen molar-refractivity contribution in [2.24, 2.45) is 0 Å². The molecule has 11 heteroatoms. The third-order valence-electron chi connectivity index (χ3n) is 5.14. The Labute approximate surface area is 177 Å². The van der Waals surface area contributed by atoms with Crippen LogP contribution in [0.4, 0.5) is 4.79 Å². The van der Waals surface area contributed by atoms with E-state index in [2.05, 4.69) is 15.2 Å². The fourth-order valence-electron chi connectivity index (χ4n) is 3.43. The van der Waals surface area contributed by atoms with Crippen molar-refractivity contribution in [3.8, 4) is 22.9 Å². The molecule has 3 heterocycles. The van der Waals surface area contributed by atoms with Gasteiger partial charge in [0.25, 0.3) is 5.56 Å². The van der Waals surface area contributed by atoms with Crippen LogP contribution in [0.5, 0.6) is 11.5 Å². The Bertz CT molecular complexity index is 1030. The molecule has 0 bridgehead atoms. The fraction of sp³-hybridized carbons (Fsp3) is 0.450. The van der Waals surface area contributed by atoms with Crippen LogP contribution in [-0.4, -0.2) is 76.6 Å². The van der Waals surface area contributed by atoms with Gasteiger partial charge in [0.1, 0.15) is 5.69 Å². The molecule has 4 rings (SSSR count). The number of benzene rings is 1. The molecule has 0 aliphatic carbocycles. The largest absolute Gasteiger partial charge is 0.454 e. The molecule has 2 amide bonds. The SMILES string of the molecule is CCOC(=O)N1CCN(C(=O)CCc2nnc(-c3ccc4c(c3)OCO4)[nH]c2=O)CC1. The lowest BCUT2D eigenvalue weighted by Crippen LogP contribution is -2.50. The number of fused-ring (bicyclic) bond motifs is 1. The first kappa shape index (κ1) is 20.6. The maximum atomic E-state index is 12.5. The second-order valence-corrected chi connectivity index (χ2v) is 7.08.